The first-order chi connectivity index (χ1) is 15.2. The number of hydrogen-bond acceptors (Lipinski definition) is 5. The number of hydrogen-bond donors (Lipinski definition) is 3. The topological polar surface area (TPSA) is 77.7 Å². The first-order valence-electron chi connectivity index (χ1n) is 9.90. The minimum Gasteiger partial charge on any atom is -0.391 e. The summed E-state index contributed by atoms with van der Waals surface area (Å²) in [5.41, 5.74) is 0.876. The van der Waals surface area contributed by atoms with E-state index >= 15 is 0 Å². The van der Waals surface area contributed by atoms with Gasteiger partial charge in [0.2, 0.25) is 0 Å². The van der Waals surface area contributed by atoms with Gasteiger partial charge in [0, 0.05) is 24.7 Å². The predicted octanol–water partition coefficient (Wildman–Crippen LogP) is 3.01. The zero-order valence-corrected chi connectivity index (χ0v) is 17.3. The lowest BCUT2D eigenvalue weighted by Gasteiger charge is -2.26. The van der Waals surface area contributed by atoms with E-state index in [4.69, 9.17) is 12.2 Å². The Labute approximate surface area is 185 Å². The van der Waals surface area contributed by atoms with E-state index in [9.17, 15) is 22.7 Å². The Bertz CT molecular complexity index is 1200. The van der Waals surface area contributed by atoms with Crippen LogP contribution in [0.3, 0.4) is 0 Å². The van der Waals surface area contributed by atoms with Crippen molar-refractivity contribution in [2.24, 2.45) is 0 Å². The van der Waals surface area contributed by atoms with Gasteiger partial charge in [-0.2, -0.15) is 5.10 Å². The summed E-state index contributed by atoms with van der Waals surface area (Å²) in [4.78, 5) is 6.25. The summed E-state index contributed by atoms with van der Waals surface area (Å²) < 4.78 is 55.9. The van der Waals surface area contributed by atoms with Crippen LogP contribution in [-0.2, 0) is 0 Å². The number of anilines is 2. The van der Waals surface area contributed by atoms with E-state index in [0.29, 0.717) is 17.2 Å². The zero-order valence-electron chi connectivity index (χ0n) is 16.5. The molecule has 2 aromatic heterocycles. The second-order valence-electron chi connectivity index (χ2n) is 7.95. The lowest BCUT2D eigenvalue weighted by atomic mass is 10.0. The zero-order chi connectivity index (χ0) is 22.6. The number of alkyl halides is 2. The molecular formula is C20H18F4N6OS. The molecular weight excluding hydrogens is 448 g/mol. The highest BCUT2D eigenvalue weighted by Gasteiger charge is 2.57. The molecule has 1 saturated heterocycles. The summed E-state index contributed by atoms with van der Waals surface area (Å²) in [7, 11) is 0. The third-order valence-electron chi connectivity index (χ3n) is 5.62. The van der Waals surface area contributed by atoms with Crippen molar-refractivity contribution in [2.45, 2.75) is 37.0 Å². The van der Waals surface area contributed by atoms with Crippen LogP contribution in [0.1, 0.15) is 24.4 Å². The summed E-state index contributed by atoms with van der Waals surface area (Å²) in [6, 6.07) is 3.24. The van der Waals surface area contributed by atoms with Crippen molar-refractivity contribution in [3.63, 3.8) is 0 Å². The summed E-state index contributed by atoms with van der Waals surface area (Å²) >= 11 is 5.11. The number of β-amino-alcohol motifs (C(OH)–C–C–N with tert-alkyl or cyclic N) is 1. The number of benzene rings is 1. The van der Waals surface area contributed by atoms with E-state index in [1.807, 2.05) is 0 Å². The Morgan fingerprint density at radius 3 is 2.78 bits per heavy atom. The molecule has 3 heterocycles. The van der Waals surface area contributed by atoms with Gasteiger partial charge in [0.05, 0.1) is 24.4 Å². The highest BCUT2D eigenvalue weighted by Crippen LogP contribution is 2.41. The third-order valence-corrected chi connectivity index (χ3v) is 5.84. The van der Waals surface area contributed by atoms with Crippen molar-refractivity contribution in [2.75, 3.05) is 16.8 Å². The maximum atomic E-state index is 14.4. The smallest absolute Gasteiger partial charge is 0.270 e. The maximum absolute atomic E-state index is 14.4. The molecule has 1 unspecified atom stereocenters. The van der Waals surface area contributed by atoms with Crippen molar-refractivity contribution in [1.29, 1.82) is 0 Å². The number of fused-ring (bicyclic) bond motifs is 1. The first-order valence-corrected chi connectivity index (χ1v) is 10.3. The van der Waals surface area contributed by atoms with Gasteiger partial charge in [-0.15, -0.1) is 0 Å². The molecule has 0 amide bonds. The molecule has 0 radical (unpaired) electrons. The van der Waals surface area contributed by atoms with Crippen LogP contribution in [0.2, 0.25) is 0 Å². The van der Waals surface area contributed by atoms with Gasteiger partial charge in [-0.05, 0) is 42.9 Å². The van der Waals surface area contributed by atoms with Crippen LogP contribution < -0.4 is 15.5 Å². The second-order valence-corrected chi connectivity index (χ2v) is 8.36. The summed E-state index contributed by atoms with van der Waals surface area (Å²) in [5.74, 6) is -3.50. The Morgan fingerprint density at radius 1 is 1.25 bits per heavy atom. The molecule has 3 aromatic rings. The molecule has 12 heteroatoms. The van der Waals surface area contributed by atoms with Gasteiger partial charge < -0.3 is 20.6 Å². The minimum absolute atomic E-state index is 0.0191. The molecule has 1 saturated carbocycles. The average molecular weight is 466 g/mol. The Hall–Kier alpha value is -2.99. The van der Waals surface area contributed by atoms with Crippen LogP contribution in [0, 0.1) is 11.6 Å². The number of aliphatic hydroxyl groups is 1. The fourth-order valence-corrected chi connectivity index (χ4v) is 4.18. The van der Waals surface area contributed by atoms with Crippen molar-refractivity contribution in [3.05, 3.63) is 53.9 Å². The Morgan fingerprint density at radius 2 is 2.03 bits per heavy atom. The number of thiocarbonyl (C=S) groups is 1. The molecule has 168 valence electrons. The van der Waals surface area contributed by atoms with Crippen LogP contribution in [-0.4, -0.2) is 49.4 Å². The molecule has 3 atom stereocenters. The maximum Gasteiger partial charge on any atom is 0.270 e. The van der Waals surface area contributed by atoms with Crippen LogP contribution in [0.4, 0.5) is 29.1 Å². The van der Waals surface area contributed by atoms with Crippen LogP contribution in [0.25, 0.3) is 5.65 Å². The van der Waals surface area contributed by atoms with Crippen molar-refractivity contribution >= 4 is 34.5 Å². The van der Waals surface area contributed by atoms with Crippen LogP contribution in [0.5, 0.6) is 0 Å². The van der Waals surface area contributed by atoms with Crippen molar-refractivity contribution < 1.29 is 22.7 Å². The molecule has 7 nitrogen and oxygen atoms in total. The molecule has 1 aliphatic carbocycles. The van der Waals surface area contributed by atoms with E-state index in [1.54, 1.807) is 17.2 Å². The number of rotatable bonds is 4. The Balaban J connectivity index is 1.43. The summed E-state index contributed by atoms with van der Waals surface area (Å²) in [5, 5.41) is 19.8. The fraction of sp³-hybridized carbons (Fsp3) is 0.350. The normalized spacial score (nSPS) is 24.0. The fourth-order valence-electron chi connectivity index (χ4n) is 3.93. The molecule has 5 rings (SSSR count). The molecule has 3 N–H and O–H groups in total. The number of nitrogens with one attached hydrogen (secondary N) is 2. The number of nitrogens with zero attached hydrogens (tertiary/aromatic N) is 4. The lowest BCUT2D eigenvalue weighted by molar-refractivity contribution is 0.110. The number of halogens is 4. The van der Waals surface area contributed by atoms with Gasteiger partial charge in [-0.25, -0.2) is 27.1 Å². The van der Waals surface area contributed by atoms with Gasteiger partial charge in [0.15, 0.2) is 10.8 Å². The molecule has 2 aliphatic rings. The third kappa shape index (κ3) is 3.84. The standard InChI is InChI=1S/C20H18F4N6OS/c21-10-1-2-13(22)12(5-10)15-6-11(31)9-29(15)17-3-4-30-18(28-17)14(8-25-30)26-19(32)27-16-7-20(16,23)24/h1-5,8,11,15-16,31H,6-7,9H2,(H2,26,27,32)/t11-,15-,16?/m1/s1. The van der Waals surface area contributed by atoms with Gasteiger partial charge >= 0.3 is 0 Å². The lowest BCUT2D eigenvalue weighted by Crippen LogP contribution is -2.33. The molecule has 0 bridgehead atoms. The SMILES string of the molecule is O[C@@H]1C[C@H](c2cc(F)ccc2F)N(c2ccn3ncc(NC(=S)NC4CC4(F)F)c3n2)C1. The van der Waals surface area contributed by atoms with E-state index in [1.165, 1.54) is 10.7 Å². The number of aliphatic hydroxyl groups excluding tert-OH is 1. The van der Waals surface area contributed by atoms with Crippen molar-refractivity contribution in [3.8, 4) is 0 Å². The molecule has 2 fully saturated rings. The first kappa shape index (κ1) is 20.9. The highest BCUT2D eigenvalue weighted by atomic mass is 32.1. The average Bonchev–Trinajstić information content (AvgIpc) is 3.06. The van der Waals surface area contributed by atoms with Crippen molar-refractivity contribution in [1.82, 2.24) is 19.9 Å². The molecule has 1 aromatic carbocycles. The van der Waals surface area contributed by atoms with Crippen LogP contribution >= 0.6 is 12.2 Å². The van der Waals surface area contributed by atoms with Gasteiger partial charge in [-0.1, -0.05) is 0 Å². The largest absolute Gasteiger partial charge is 0.391 e. The number of aromatic nitrogens is 3. The molecule has 1 aliphatic heterocycles. The summed E-state index contributed by atoms with van der Waals surface area (Å²) in [6.45, 7) is 0.178. The van der Waals surface area contributed by atoms with E-state index in [-0.39, 0.29) is 30.1 Å². The van der Waals surface area contributed by atoms with E-state index < -0.39 is 35.7 Å². The second kappa shape index (κ2) is 7.55. The quantitative estimate of drug-likeness (QED) is 0.403. The molecule has 32 heavy (non-hydrogen) atoms. The highest BCUT2D eigenvalue weighted by molar-refractivity contribution is 7.80. The minimum atomic E-state index is -2.77. The van der Waals surface area contributed by atoms with Crippen LogP contribution in [0.15, 0.2) is 36.7 Å². The molecule has 0 spiro atoms. The summed E-state index contributed by atoms with van der Waals surface area (Å²) in [6.07, 6.45) is 2.26. The Kier molecular flexibility index (Phi) is 4.93. The predicted molar refractivity (Wildman–Crippen MR) is 113 cm³/mol. The van der Waals surface area contributed by atoms with E-state index in [2.05, 4.69) is 20.7 Å². The van der Waals surface area contributed by atoms with Gasteiger partial charge in [-0.3, -0.25) is 0 Å². The van der Waals surface area contributed by atoms with Gasteiger partial charge in [0.1, 0.15) is 23.1 Å². The van der Waals surface area contributed by atoms with Gasteiger partial charge in [0.25, 0.3) is 5.92 Å². The van der Waals surface area contributed by atoms with E-state index in [0.717, 1.165) is 18.2 Å². The monoisotopic (exact) mass is 466 g/mol.